The number of aromatic nitrogens is 4. The zero-order valence-electron chi connectivity index (χ0n) is 9.12. The van der Waals surface area contributed by atoms with Gasteiger partial charge in [-0.2, -0.15) is 4.98 Å². The molecule has 9 heteroatoms. The summed E-state index contributed by atoms with van der Waals surface area (Å²) in [6.45, 7) is 0.0215. The molecule has 0 bridgehead atoms. The van der Waals surface area contributed by atoms with E-state index in [-0.39, 0.29) is 29.3 Å². The van der Waals surface area contributed by atoms with Crippen molar-refractivity contribution in [1.82, 2.24) is 19.9 Å². The van der Waals surface area contributed by atoms with Crippen molar-refractivity contribution in [2.24, 2.45) is 0 Å². The molecule has 0 radical (unpaired) electrons. The number of hydrogen-bond donors (Lipinski definition) is 5. The van der Waals surface area contributed by atoms with Crippen molar-refractivity contribution in [3.8, 4) is 0 Å². The molecule has 5 N–H and O–H groups in total. The summed E-state index contributed by atoms with van der Waals surface area (Å²) in [5, 5.41) is 21.6. The molecule has 0 aliphatic carbocycles. The minimum absolute atomic E-state index is 0.0215. The van der Waals surface area contributed by atoms with Crippen LogP contribution in [0.4, 0.5) is 5.95 Å². The van der Waals surface area contributed by atoms with Crippen LogP contribution in [0.1, 0.15) is 0 Å². The standard InChI is InChI=1S/C9H11N5O4/c15-3-1-18-8(5(3)16)14-9-12-6-4(7(17)13-9)10-2-11-6/h2-3,5,8,15-16H,1H2,(H3,10,11,12,13,14,17)/t3-,5-,8-/m0/s1. The summed E-state index contributed by atoms with van der Waals surface area (Å²) in [6.07, 6.45) is -1.49. The van der Waals surface area contributed by atoms with Gasteiger partial charge in [-0.15, -0.1) is 0 Å². The van der Waals surface area contributed by atoms with E-state index in [9.17, 15) is 15.0 Å². The number of rotatable bonds is 2. The van der Waals surface area contributed by atoms with Crippen molar-refractivity contribution in [3.05, 3.63) is 16.7 Å². The van der Waals surface area contributed by atoms with E-state index in [1.54, 1.807) is 0 Å². The second-order valence-electron chi connectivity index (χ2n) is 3.97. The van der Waals surface area contributed by atoms with Crippen LogP contribution in [0.15, 0.2) is 11.1 Å². The number of nitrogens with zero attached hydrogens (tertiary/aromatic N) is 2. The van der Waals surface area contributed by atoms with E-state index in [0.717, 1.165) is 0 Å². The van der Waals surface area contributed by atoms with Crippen molar-refractivity contribution in [2.75, 3.05) is 11.9 Å². The largest absolute Gasteiger partial charge is 0.388 e. The van der Waals surface area contributed by atoms with Crippen molar-refractivity contribution in [3.63, 3.8) is 0 Å². The smallest absolute Gasteiger partial charge is 0.278 e. The molecule has 18 heavy (non-hydrogen) atoms. The molecule has 3 rings (SSSR count). The van der Waals surface area contributed by atoms with E-state index in [0.29, 0.717) is 0 Å². The Labute approximate surface area is 99.8 Å². The van der Waals surface area contributed by atoms with E-state index < -0.39 is 18.4 Å². The molecule has 3 atom stereocenters. The van der Waals surface area contributed by atoms with Crippen LogP contribution in [0, 0.1) is 0 Å². The van der Waals surface area contributed by atoms with E-state index in [4.69, 9.17) is 4.74 Å². The van der Waals surface area contributed by atoms with Gasteiger partial charge >= 0.3 is 0 Å². The predicted molar refractivity (Wildman–Crippen MR) is 59.9 cm³/mol. The van der Waals surface area contributed by atoms with Gasteiger partial charge in [0.25, 0.3) is 5.56 Å². The van der Waals surface area contributed by atoms with Crippen LogP contribution in [-0.2, 0) is 4.74 Å². The first-order chi connectivity index (χ1) is 8.65. The summed E-state index contributed by atoms with van der Waals surface area (Å²) < 4.78 is 5.11. The normalized spacial score (nSPS) is 27.8. The number of aliphatic hydroxyl groups excluding tert-OH is 2. The molecule has 9 nitrogen and oxygen atoms in total. The Balaban J connectivity index is 1.89. The van der Waals surface area contributed by atoms with Gasteiger partial charge in [0.05, 0.1) is 12.9 Å². The van der Waals surface area contributed by atoms with Gasteiger partial charge in [0.15, 0.2) is 17.4 Å². The average molecular weight is 253 g/mol. The second kappa shape index (κ2) is 4.05. The molecule has 0 saturated carbocycles. The number of fused-ring (bicyclic) bond motifs is 1. The van der Waals surface area contributed by atoms with Gasteiger partial charge in [-0.05, 0) is 0 Å². The number of H-pyrrole nitrogens is 2. The van der Waals surface area contributed by atoms with Crippen LogP contribution in [0.2, 0.25) is 0 Å². The van der Waals surface area contributed by atoms with Gasteiger partial charge in [-0.25, -0.2) is 4.98 Å². The lowest BCUT2D eigenvalue weighted by molar-refractivity contribution is 0.0351. The Bertz CT molecular complexity index is 623. The van der Waals surface area contributed by atoms with Crippen LogP contribution >= 0.6 is 0 Å². The summed E-state index contributed by atoms with van der Waals surface area (Å²) in [4.78, 5) is 24.7. The van der Waals surface area contributed by atoms with Gasteiger partial charge in [-0.1, -0.05) is 0 Å². The number of aromatic amines is 2. The van der Waals surface area contributed by atoms with Crippen LogP contribution in [0.5, 0.6) is 0 Å². The molecule has 0 aromatic carbocycles. The molecule has 2 aromatic heterocycles. The van der Waals surface area contributed by atoms with Gasteiger partial charge in [0, 0.05) is 0 Å². The molecule has 1 aliphatic rings. The Morgan fingerprint density at radius 2 is 2.33 bits per heavy atom. The monoisotopic (exact) mass is 253 g/mol. The predicted octanol–water partition coefficient (Wildman–Crippen LogP) is -1.86. The third kappa shape index (κ3) is 1.74. The number of anilines is 1. The maximum atomic E-state index is 11.6. The molecule has 2 aromatic rings. The van der Waals surface area contributed by atoms with Crippen molar-refractivity contribution in [2.45, 2.75) is 18.4 Å². The van der Waals surface area contributed by atoms with E-state index in [1.807, 2.05) is 0 Å². The van der Waals surface area contributed by atoms with Crippen LogP contribution in [-0.4, -0.2) is 55.2 Å². The van der Waals surface area contributed by atoms with Crippen LogP contribution < -0.4 is 10.9 Å². The summed E-state index contributed by atoms with van der Waals surface area (Å²) in [6, 6.07) is 0. The molecule has 0 spiro atoms. The third-order valence-electron chi connectivity index (χ3n) is 2.73. The number of ether oxygens (including phenoxy) is 1. The second-order valence-corrected chi connectivity index (χ2v) is 3.97. The Hall–Kier alpha value is -1.97. The molecule has 0 amide bonds. The first-order valence-corrected chi connectivity index (χ1v) is 5.33. The SMILES string of the molecule is O=c1[nH]c(N[C@H]2OC[C@H](O)[C@@H]2O)nc2nc[nH]c12. The summed E-state index contributed by atoms with van der Waals surface area (Å²) in [7, 11) is 0. The van der Waals surface area contributed by atoms with E-state index >= 15 is 0 Å². The highest BCUT2D eigenvalue weighted by molar-refractivity contribution is 5.69. The van der Waals surface area contributed by atoms with Crippen LogP contribution in [0.25, 0.3) is 11.2 Å². The summed E-state index contributed by atoms with van der Waals surface area (Å²) in [5.41, 5.74) is 0.149. The molecular weight excluding hydrogens is 242 g/mol. The summed E-state index contributed by atoms with van der Waals surface area (Å²) >= 11 is 0. The Kier molecular flexibility index (Phi) is 2.51. The van der Waals surface area contributed by atoms with Crippen LogP contribution in [0.3, 0.4) is 0 Å². The number of hydrogen-bond acceptors (Lipinski definition) is 7. The highest BCUT2D eigenvalue weighted by Crippen LogP contribution is 2.15. The van der Waals surface area contributed by atoms with Gasteiger partial charge in [0.2, 0.25) is 5.95 Å². The van der Waals surface area contributed by atoms with E-state index in [2.05, 4.69) is 25.3 Å². The van der Waals surface area contributed by atoms with Gasteiger partial charge in [0.1, 0.15) is 12.2 Å². The minimum Gasteiger partial charge on any atom is -0.388 e. The molecule has 0 unspecified atom stereocenters. The number of aliphatic hydroxyl groups is 2. The highest BCUT2D eigenvalue weighted by atomic mass is 16.5. The molecule has 1 aliphatic heterocycles. The van der Waals surface area contributed by atoms with Crippen molar-refractivity contribution < 1.29 is 14.9 Å². The maximum Gasteiger partial charge on any atom is 0.278 e. The minimum atomic E-state index is -1.08. The fourth-order valence-corrected chi connectivity index (χ4v) is 1.77. The maximum absolute atomic E-state index is 11.6. The van der Waals surface area contributed by atoms with Gasteiger partial charge in [-0.3, -0.25) is 9.78 Å². The number of nitrogens with one attached hydrogen (secondary N) is 3. The lowest BCUT2D eigenvalue weighted by Crippen LogP contribution is -2.36. The molecule has 3 heterocycles. The molecule has 1 fully saturated rings. The summed E-state index contributed by atoms with van der Waals surface area (Å²) in [5.74, 6) is 0.123. The highest BCUT2D eigenvalue weighted by Gasteiger charge is 2.34. The Morgan fingerprint density at radius 1 is 1.50 bits per heavy atom. The fraction of sp³-hybridized carbons (Fsp3) is 0.444. The first-order valence-electron chi connectivity index (χ1n) is 5.33. The van der Waals surface area contributed by atoms with Gasteiger partial charge < -0.3 is 25.3 Å². The Morgan fingerprint density at radius 3 is 3.06 bits per heavy atom. The lowest BCUT2D eigenvalue weighted by Gasteiger charge is -2.16. The first kappa shape index (κ1) is 11.1. The van der Waals surface area contributed by atoms with Crippen molar-refractivity contribution in [1.29, 1.82) is 0 Å². The third-order valence-corrected chi connectivity index (χ3v) is 2.73. The molecular formula is C9H11N5O4. The van der Waals surface area contributed by atoms with E-state index in [1.165, 1.54) is 6.33 Å². The number of imidazole rings is 1. The quantitative estimate of drug-likeness (QED) is 0.423. The zero-order valence-corrected chi connectivity index (χ0v) is 9.12. The van der Waals surface area contributed by atoms with Crippen molar-refractivity contribution >= 4 is 17.1 Å². The molecule has 96 valence electrons. The zero-order chi connectivity index (χ0) is 12.7. The topological polar surface area (TPSA) is 136 Å². The lowest BCUT2D eigenvalue weighted by atomic mass is 10.2. The fourth-order valence-electron chi connectivity index (χ4n) is 1.77. The average Bonchev–Trinajstić information content (AvgIpc) is 2.91. The molecule has 1 saturated heterocycles.